The van der Waals surface area contributed by atoms with Gasteiger partial charge in [-0.2, -0.15) is 0 Å². The van der Waals surface area contributed by atoms with Crippen LogP contribution in [0.3, 0.4) is 0 Å². The molecule has 0 heterocycles. The van der Waals surface area contributed by atoms with Crippen molar-refractivity contribution < 1.29 is 13.9 Å². The van der Waals surface area contributed by atoms with Crippen molar-refractivity contribution in [2.75, 3.05) is 20.4 Å². The van der Waals surface area contributed by atoms with E-state index in [2.05, 4.69) is 0 Å². The molecule has 2 unspecified atom stereocenters. The first-order valence-electron chi connectivity index (χ1n) is 4.41. The Morgan fingerprint density at radius 1 is 1.25 bits per heavy atom. The maximum Gasteiger partial charge on any atom is 0.0895 e. The van der Waals surface area contributed by atoms with Gasteiger partial charge in [-0.05, 0) is 26.7 Å². The van der Waals surface area contributed by atoms with Gasteiger partial charge in [0, 0.05) is 7.11 Å². The van der Waals surface area contributed by atoms with Crippen LogP contribution in [0.25, 0.3) is 0 Å². The largest absolute Gasteiger partial charge is 0.382 e. The lowest BCUT2D eigenvalue weighted by molar-refractivity contribution is -0.0348. The summed E-state index contributed by atoms with van der Waals surface area (Å²) in [6.45, 7) is 4.25. The summed E-state index contributed by atoms with van der Waals surface area (Å²) in [4.78, 5) is 0. The molecule has 0 saturated carbocycles. The van der Waals surface area contributed by atoms with E-state index in [0.29, 0.717) is 13.0 Å². The van der Waals surface area contributed by atoms with Crippen LogP contribution in [0.4, 0.5) is 4.39 Å². The normalized spacial score (nSPS) is 16.0. The molecule has 2 atom stereocenters. The Hall–Kier alpha value is -0.150. The van der Waals surface area contributed by atoms with Gasteiger partial charge >= 0.3 is 0 Å². The van der Waals surface area contributed by atoms with E-state index in [4.69, 9.17) is 9.47 Å². The van der Waals surface area contributed by atoms with Crippen LogP contribution in [0.15, 0.2) is 0 Å². The first kappa shape index (κ1) is 11.8. The highest BCUT2D eigenvalue weighted by atomic mass is 19.1. The highest BCUT2D eigenvalue weighted by Crippen LogP contribution is 2.05. The molecule has 12 heavy (non-hydrogen) atoms. The lowest BCUT2D eigenvalue weighted by Crippen LogP contribution is -2.21. The topological polar surface area (TPSA) is 18.5 Å². The maximum absolute atomic E-state index is 11.8. The van der Waals surface area contributed by atoms with Crippen LogP contribution >= 0.6 is 0 Å². The third kappa shape index (κ3) is 6.55. The lowest BCUT2D eigenvalue weighted by Gasteiger charge is -2.17. The molecule has 0 rings (SSSR count). The van der Waals surface area contributed by atoms with E-state index in [1.807, 2.05) is 13.8 Å². The molecule has 74 valence electrons. The van der Waals surface area contributed by atoms with Gasteiger partial charge in [-0.15, -0.1) is 0 Å². The van der Waals surface area contributed by atoms with E-state index in [-0.39, 0.29) is 18.9 Å². The second-order valence-electron chi connectivity index (χ2n) is 3.04. The van der Waals surface area contributed by atoms with Crippen LogP contribution in [-0.2, 0) is 9.47 Å². The van der Waals surface area contributed by atoms with Gasteiger partial charge in [0.05, 0.1) is 25.5 Å². The Balaban J connectivity index is 3.33. The van der Waals surface area contributed by atoms with E-state index in [1.165, 1.54) is 0 Å². The van der Waals surface area contributed by atoms with Gasteiger partial charge in [0.2, 0.25) is 0 Å². The Kier molecular flexibility index (Phi) is 7.40. The van der Waals surface area contributed by atoms with Gasteiger partial charge in [-0.3, -0.25) is 4.39 Å². The molecule has 0 aliphatic heterocycles. The van der Waals surface area contributed by atoms with Crippen LogP contribution in [0, 0.1) is 0 Å². The Bertz CT molecular complexity index is 98.5. The summed E-state index contributed by atoms with van der Waals surface area (Å²) >= 11 is 0. The molecule has 3 heteroatoms. The SMILES string of the molecule is COCC(C)OC(C)CCCF. The minimum Gasteiger partial charge on any atom is -0.382 e. The second kappa shape index (κ2) is 7.50. The Morgan fingerprint density at radius 2 is 1.92 bits per heavy atom. The predicted molar refractivity (Wildman–Crippen MR) is 47.1 cm³/mol. The van der Waals surface area contributed by atoms with Crippen LogP contribution < -0.4 is 0 Å². The highest BCUT2D eigenvalue weighted by molar-refractivity contribution is 4.54. The predicted octanol–water partition coefficient (Wildman–Crippen LogP) is 2.18. The van der Waals surface area contributed by atoms with Crippen LogP contribution in [0.5, 0.6) is 0 Å². The van der Waals surface area contributed by atoms with E-state index in [1.54, 1.807) is 7.11 Å². The maximum atomic E-state index is 11.8. The van der Waals surface area contributed by atoms with Gasteiger partial charge in [0.1, 0.15) is 0 Å². The number of alkyl halides is 1. The molecule has 0 aromatic rings. The molecule has 0 aliphatic rings. The first-order valence-corrected chi connectivity index (χ1v) is 4.41. The molecule has 0 fully saturated rings. The summed E-state index contributed by atoms with van der Waals surface area (Å²) in [5.74, 6) is 0. The molecule has 0 aromatic heterocycles. The molecule has 0 radical (unpaired) electrons. The summed E-state index contributed by atoms with van der Waals surface area (Å²) in [5, 5.41) is 0. The van der Waals surface area contributed by atoms with Gasteiger partial charge in [-0.1, -0.05) is 0 Å². The number of ether oxygens (including phenoxy) is 2. The zero-order valence-electron chi connectivity index (χ0n) is 8.18. The molecule has 0 bridgehead atoms. The van der Waals surface area contributed by atoms with Gasteiger partial charge in [0.15, 0.2) is 0 Å². The molecular formula is C9H19FO2. The lowest BCUT2D eigenvalue weighted by atomic mass is 10.2. The Morgan fingerprint density at radius 3 is 2.42 bits per heavy atom. The molecule has 0 N–H and O–H groups in total. The average Bonchev–Trinajstić information content (AvgIpc) is 2.01. The summed E-state index contributed by atoms with van der Waals surface area (Å²) in [5.41, 5.74) is 0. The summed E-state index contributed by atoms with van der Waals surface area (Å²) in [6, 6.07) is 0. The number of hydrogen-bond donors (Lipinski definition) is 0. The van der Waals surface area contributed by atoms with Gasteiger partial charge in [0.25, 0.3) is 0 Å². The van der Waals surface area contributed by atoms with Crippen molar-refractivity contribution in [2.24, 2.45) is 0 Å². The third-order valence-electron chi connectivity index (χ3n) is 1.61. The van der Waals surface area contributed by atoms with Crippen LogP contribution in [0.1, 0.15) is 26.7 Å². The zero-order chi connectivity index (χ0) is 9.40. The van der Waals surface area contributed by atoms with E-state index in [0.717, 1.165) is 6.42 Å². The minimum atomic E-state index is -0.258. The summed E-state index contributed by atoms with van der Waals surface area (Å²) < 4.78 is 22.2. The number of methoxy groups -OCH3 is 1. The molecule has 0 spiro atoms. The van der Waals surface area contributed by atoms with E-state index < -0.39 is 0 Å². The molecule has 0 aliphatic carbocycles. The quantitative estimate of drug-likeness (QED) is 0.595. The smallest absolute Gasteiger partial charge is 0.0895 e. The van der Waals surface area contributed by atoms with Crippen molar-refractivity contribution in [2.45, 2.75) is 38.9 Å². The van der Waals surface area contributed by atoms with Crippen LogP contribution in [0.2, 0.25) is 0 Å². The van der Waals surface area contributed by atoms with E-state index >= 15 is 0 Å². The van der Waals surface area contributed by atoms with Crippen molar-refractivity contribution in [3.05, 3.63) is 0 Å². The average molecular weight is 178 g/mol. The molecule has 2 nitrogen and oxygen atoms in total. The zero-order valence-corrected chi connectivity index (χ0v) is 8.18. The number of halogens is 1. The highest BCUT2D eigenvalue weighted by Gasteiger charge is 2.07. The number of rotatable bonds is 7. The number of hydrogen-bond acceptors (Lipinski definition) is 2. The second-order valence-corrected chi connectivity index (χ2v) is 3.04. The summed E-state index contributed by atoms with van der Waals surface area (Å²) in [7, 11) is 1.64. The fraction of sp³-hybridized carbons (Fsp3) is 1.00. The molecule has 0 saturated heterocycles. The van der Waals surface area contributed by atoms with Crippen molar-refractivity contribution in [3.8, 4) is 0 Å². The van der Waals surface area contributed by atoms with Gasteiger partial charge in [-0.25, -0.2) is 0 Å². The summed E-state index contributed by atoms with van der Waals surface area (Å²) in [6.07, 6.45) is 1.60. The molecular weight excluding hydrogens is 159 g/mol. The van der Waals surface area contributed by atoms with E-state index in [9.17, 15) is 4.39 Å². The third-order valence-corrected chi connectivity index (χ3v) is 1.61. The fourth-order valence-electron chi connectivity index (χ4n) is 1.10. The molecule has 0 aromatic carbocycles. The van der Waals surface area contributed by atoms with Crippen molar-refractivity contribution in [3.63, 3.8) is 0 Å². The van der Waals surface area contributed by atoms with Crippen molar-refractivity contribution in [1.82, 2.24) is 0 Å². The standard InChI is InChI=1S/C9H19FO2/c1-8(5-4-6-10)12-9(2)7-11-3/h8-9H,4-7H2,1-3H3. The fourth-order valence-corrected chi connectivity index (χ4v) is 1.10. The molecule has 0 amide bonds. The minimum absolute atomic E-state index is 0.101. The van der Waals surface area contributed by atoms with Gasteiger partial charge < -0.3 is 9.47 Å². The van der Waals surface area contributed by atoms with Crippen LogP contribution in [-0.4, -0.2) is 32.6 Å². The monoisotopic (exact) mass is 178 g/mol. The first-order chi connectivity index (χ1) is 5.70. The Labute approximate surface area is 74.1 Å². The van der Waals surface area contributed by atoms with Crippen molar-refractivity contribution in [1.29, 1.82) is 0 Å². The van der Waals surface area contributed by atoms with Crippen molar-refractivity contribution >= 4 is 0 Å².